The van der Waals surface area contributed by atoms with E-state index in [-0.39, 0.29) is 0 Å². The summed E-state index contributed by atoms with van der Waals surface area (Å²) in [6.07, 6.45) is 7.08. The largest absolute Gasteiger partial charge is 0.310 e. The van der Waals surface area contributed by atoms with Crippen LogP contribution in [0, 0.1) is 12.8 Å². The molecule has 2 heterocycles. The fraction of sp³-hybridized carbons (Fsp3) is 0.786. The summed E-state index contributed by atoms with van der Waals surface area (Å²) in [7, 11) is 0. The number of hydrogen-bond acceptors (Lipinski definition) is 4. The van der Waals surface area contributed by atoms with Crippen molar-refractivity contribution < 1.29 is 0 Å². The molecule has 1 aliphatic heterocycles. The molecule has 2 aliphatic rings. The first-order valence-electron chi connectivity index (χ1n) is 7.19. The lowest BCUT2D eigenvalue weighted by Crippen LogP contribution is -2.38. The molecule has 1 aromatic rings. The van der Waals surface area contributed by atoms with Crippen LogP contribution in [0.5, 0.6) is 0 Å². The quantitative estimate of drug-likeness (QED) is 0.878. The molecule has 1 aromatic heterocycles. The number of hydrogen-bond donors (Lipinski definition) is 2. The average Bonchev–Trinajstić information content (AvgIpc) is 2.95. The van der Waals surface area contributed by atoms with E-state index < -0.39 is 0 Å². The van der Waals surface area contributed by atoms with Gasteiger partial charge in [0.15, 0.2) is 0 Å². The van der Waals surface area contributed by atoms with Crippen LogP contribution in [0.25, 0.3) is 0 Å². The normalized spacial score (nSPS) is 31.5. The summed E-state index contributed by atoms with van der Waals surface area (Å²) >= 11 is 1.74. The second kappa shape index (κ2) is 5.68. The van der Waals surface area contributed by atoms with Crippen LogP contribution in [0.3, 0.4) is 0 Å². The Morgan fingerprint density at radius 2 is 2.33 bits per heavy atom. The number of thiazole rings is 1. The Balaban J connectivity index is 1.41. The van der Waals surface area contributed by atoms with Crippen LogP contribution in [-0.4, -0.2) is 23.6 Å². The third kappa shape index (κ3) is 2.92. The maximum Gasteiger partial charge on any atom is 0.0897 e. The molecule has 18 heavy (non-hydrogen) atoms. The number of aromatic nitrogens is 1. The van der Waals surface area contributed by atoms with Crippen molar-refractivity contribution in [3.63, 3.8) is 0 Å². The number of nitrogens with zero attached hydrogens (tertiary/aromatic N) is 1. The van der Waals surface area contributed by atoms with Crippen LogP contribution >= 0.6 is 11.3 Å². The van der Waals surface area contributed by atoms with Gasteiger partial charge < -0.3 is 10.6 Å². The fourth-order valence-corrected chi connectivity index (χ4v) is 4.06. The molecular formula is C14H23N3S. The summed E-state index contributed by atoms with van der Waals surface area (Å²) in [5, 5.41) is 10.7. The minimum Gasteiger partial charge on any atom is -0.310 e. The van der Waals surface area contributed by atoms with E-state index in [0.717, 1.165) is 30.1 Å². The molecule has 3 nitrogen and oxygen atoms in total. The summed E-state index contributed by atoms with van der Waals surface area (Å²) in [5.41, 5.74) is 1.19. The van der Waals surface area contributed by atoms with Crippen LogP contribution in [0.1, 0.15) is 42.8 Å². The Kier molecular flexibility index (Phi) is 3.97. The Labute approximate surface area is 113 Å². The number of fused-ring (bicyclic) bond motifs is 1. The van der Waals surface area contributed by atoms with E-state index in [1.807, 2.05) is 0 Å². The van der Waals surface area contributed by atoms with E-state index in [4.69, 9.17) is 0 Å². The number of aryl methyl sites for hydroxylation is 1. The van der Waals surface area contributed by atoms with Crippen LogP contribution in [0.15, 0.2) is 5.38 Å². The minimum atomic E-state index is 0.679. The Morgan fingerprint density at radius 1 is 1.44 bits per heavy atom. The zero-order valence-electron chi connectivity index (χ0n) is 11.1. The van der Waals surface area contributed by atoms with Crippen LogP contribution in [-0.2, 0) is 6.54 Å². The molecule has 1 saturated heterocycles. The van der Waals surface area contributed by atoms with Crippen LogP contribution in [0.4, 0.5) is 0 Å². The molecule has 0 radical (unpaired) electrons. The van der Waals surface area contributed by atoms with Crippen LogP contribution < -0.4 is 10.6 Å². The Bertz CT molecular complexity index is 376. The van der Waals surface area contributed by atoms with Gasteiger partial charge in [0.1, 0.15) is 0 Å². The maximum absolute atomic E-state index is 4.48. The van der Waals surface area contributed by atoms with E-state index in [2.05, 4.69) is 27.9 Å². The van der Waals surface area contributed by atoms with E-state index in [9.17, 15) is 0 Å². The maximum atomic E-state index is 4.48. The number of nitrogens with one attached hydrogen (secondary N) is 2. The molecule has 3 atom stereocenters. The van der Waals surface area contributed by atoms with Gasteiger partial charge in [0.25, 0.3) is 0 Å². The molecule has 100 valence electrons. The van der Waals surface area contributed by atoms with Crippen molar-refractivity contribution in [2.24, 2.45) is 5.92 Å². The molecule has 4 heteroatoms. The van der Waals surface area contributed by atoms with Gasteiger partial charge >= 0.3 is 0 Å². The van der Waals surface area contributed by atoms with E-state index in [0.29, 0.717) is 6.04 Å². The average molecular weight is 265 g/mol. The van der Waals surface area contributed by atoms with Crippen molar-refractivity contribution >= 4 is 11.3 Å². The highest BCUT2D eigenvalue weighted by molar-refractivity contribution is 7.09. The summed E-state index contributed by atoms with van der Waals surface area (Å²) in [6, 6.07) is 1.49. The molecule has 1 aliphatic carbocycles. The zero-order chi connectivity index (χ0) is 12.4. The van der Waals surface area contributed by atoms with Gasteiger partial charge in [-0.3, -0.25) is 0 Å². The van der Waals surface area contributed by atoms with Crippen molar-refractivity contribution in [1.82, 2.24) is 15.6 Å². The summed E-state index contributed by atoms with van der Waals surface area (Å²) < 4.78 is 0. The van der Waals surface area contributed by atoms with Gasteiger partial charge in [0, 0.05) is 30.6 Å². The van der Waals surface area contributed by atoms with Gasteiger partial charge in [-0.1, -0.05) is 12.8 Å². The van der Waals surface area contributed by atoms with Crippen molar-refractivity contribution in [2.45, 2.75) is 57.7 Å². The molecular weight excluding hydrogens is 242 g/mol. The number of rotatable bonds is 4. The first-order chi connectivity index (χ1) is 8.81. The molecule has 0 spiro atoms. The van der Waals surface area contributed by atoms with Crippen molar-refractivity contribution in [2.75, 3.05) is 6.54 Å². The highest BCUT2D eigenvalue weighted by Gasteiger charge is 2.34. The predicted octanol–water partition coefficient (Wildman–Crippen LogP) is 2.46. The standard InChI is InChI=1S/C14H23N3S/c1-10-16-13(9-18-10)8-15-7-12-6-11-4-2-3-5-14(11)17-12/h9,11-12,14-15,17H,2-8H2,1H3. The molecule has 3 rings (SSSR count). The van der Waals surface area contributed by atoms with E-state index in [1.165, 1.54) is 37.8 Å². The van der Waals surface area contributed by atoms with Crippen molar-refractivity contribution in [3.8, 4) is 0 Å². The molecule has 3 unspecified atom stereocenters. The molecule has 2 fully saturated rings. The Morgan fingerprint density at radius 3 is 3.11 bits per heavy atom. The topological polar surface area (TPSA) is 37.0 Å². The Hall–Kier alpha value is -0.450. The molecule has 0 aromatic carbocycles. The lowest BCUT2D eigenvalue weighted by Gasteiger charge is -2.24. The van der Waals surface area contributed by atoms with Crippen molar-refractivity contribution in [3.05, 3.63) is 16.1 Å². The van der Waals surface area contributed by atoms with Gasteiger partial charge in [-0.05, 0) is 32.1 Å². The molecule has 0 bridgehead atoms. The van der Waals surface area contributed by atoms with Gasteiger partial charge in [-0.2, -0.15) is 0 Å². The molecule has 2 N–H and O–H groups in total. The van der Waals surface area contributed by atoms with Crippen molar-refractivity contribution in [1.29, 1.82) is 0 Å². The van der Waals surface area contributed by atoms with Crippen LogP contribution in [0.2, 0.25) is 0 Å². The van der Waals surface area contributed by atoms with Gasteiger partial charge in [-0.15, -0.1) is 11.3 Å². The lowest BCUT2D eigenvalue weighted by molar-refractivity contribution is 0.325. The highest BCUT2D eigenvalue weighted by atomic mass is 32.1. The summed E-state index contributed by atoms with van der Waals surface area (Å²) in [5.74, 6) is 0.951. The first kappa shape index (κ1) is 12.6. The zero-order valence-corrected chi connectivity index (χ0v) is 11.9. The summed E-state index contributed by atoms with van der Waals surface area (Å²) in [4.78, 5) is 4.48. The minimum absolute atomic E-state index is 0.679. The fourth-order valence-electron chi connectivity index (χ4n) is 3.45. The highest BCUT2D eigenvalue weighted by Crippen LogP contribution is 2.32. The third-order valence-electron chi connectivity index (χ3n) is 4.31. The second-order valence-corrected chi connectivity index (χ2v) is 6.80. The smallest absolute Gasteiger partial charge is 0.0897 e. The first-order valence-corrected chi connectivity index (χ1v) is 8.07. The lowest BCUT2D eigenvalue weighted by atomic mass is 9.85. The van der Waals surface area contributed by atoms with Gasteiger partial charge in [0.05, 0.1) is 10.7 Å². The molecule has 0 amide bonds. The molecule has 1 saturated carbocycles. The predicted molar refractivity (Wildman–Crippen MR) is 75.8 cm³/mol. The second-order valence-electron chi connectivity index (χ2n) is 5.74. The SMILES string of the molecule is Cc1nc(CNCC2CC3CCCCC3N2)cs1. The van der Waals surface area contributed by atoms with E-state index in [1.54, 1.807) is 11.3 Å². The van der Waals surface area contributed by atoms with Gasteiger partial charge in [-0.25, -0.2) is 4.98 Å². The van der Waals surface area contributed by atoms with Gasteiger partial charge in [0.2, 0.25) is 0 Å². The summed E-state index contributed by atoms with van der Waals surface area (Å²) in [6.45, 7) is 4.07. The van der Waals surface area contributed by atoms with E-state index >= 15 is 0 Å². The third-order valence-corrected chi connectivity index (χ3v) is 5.13. The monoisotopic (exact) mass is 265 g/mol.